The number of hydrogen-bond acceptors (Lipinski definition) is 4. The van der Waals surface area contributed by atoms with Crippen molar-refractivity contribution < 1.29 is 13.2 Å². The van der Waals surface area contributed by atoms with Crippen molar-refractivity contribution in [3.63, 3.8) is 0 Å². The van der Waals surface area contributed by atoms with Crippen LogP contribution < -0.4 is 5.32 Å². The van der Waals surface area contributed by atoms with Crippen LogP contribution in [-0.2, 0) is 9.84 Å². The van der Waals surface area contributed by atoms with Crippen molar-refractivity contribution in [1.82, 2.24) is 0 Å². The highest BCUT2D eigenvalue weighted by atomic mass is 32.2. The maximum atomic E-state index is 13.6. The summed E-state index contributed by atoms with van der Waals surface area (Å²) in [5, 5.41) is 2.19. The first-order valence-corrected chi connectivity index (χ1v) is 10.2. The van der Waals surface area contributed by atoms with Crippen LogP contribution in [0.25, 0.3) is 5.70 Å². The molecule has 5 rings (SSSR count). The van der Waals surface area contributed by atoms with Gasteiger partial charge >= 0.3 is 0 Å². The Bertz CT molecular complexity index is 1230. The van der Waals surface area contributed by atoms with Crippen LogP contribution in [0, 0.1) is 0 Å². The van der Waals surface area contributed by atoms with Gasteiger partial charge in [0.1, 0.15) is 5.25 Å². The molecule has 1 atom stereocenters. The molecule has 3 aromatic rings. The first kappa shape index (κ1) is 16.0. The van der Waals surface area contributed by atoms with E-state index in [-0.39, 0.29) is 10.7 Å². The molecule has 0 fully saturated rings. The number of fused-ring (bicyclic) bond motifs is 3. The van der Waals surface area contributed by atoms with E-state index in [9.17, 15) is 13.2 Å². The van der Waals surface area contributed by atoms with Crippen molar-refractivity contribution in [3.05, 3.63) is 101 Å². The van der Waals surface area contributed by atoms with E-state index < -0.39 is 15.1 Å². The lowest BCUT2D eigenvalue weighted by atomic mass is 10.0. The summed E-state index contributed by atoms with van der Waals surface area (Å²) in [6, 6.07) is 23.0. The van der Waals surface area contributed by atoms with Crippen LogP contribution in [0.5, 0.6) is 0 Å². The molecule has 4 nitrogen and oxygen atoms in total. The summed E-state index contributed by atoms with van der Waals surface area (Å²) in [7, 11) is -3.82. The summed E-state index contributed by atoms with van der Waals surface area (Å²) in [5.41, 5.74) is 3.23. The molecular weight excluding hydrogens is 358 g/mol. The van der Waals surface area contributed by atoms with Crippen LogP contribution in [0.1, 0.15) is 26.7 Å². The molecule has 0 amide bonds. The summed E-state index contributed by atoms with van der Waals surface area (Å²) in [4.78, 5) is 13.5. The number of hydrogen-bond donors (Lipinski definition) is 1. The number of Topliss-reactive ketones (excluding diaryl/α,β-unsaturated/α-hetero) is 1. The molecule has 1 heterocycles. The van der Waals surface area contributed by atoms with E-state index in [1.807, 2.05) is 18.2 Å². The molecule has 2 aliphatic rings. The highest BCUT2D eigenvalue weighted by Gasteiger charge is 2.45. The fourth-order valence-corrected chi connectivity index (χ4v) is 5.89. The molecule has 27 heavy (non-hydrogen) atoms. The van der Waals surface area contributed by atoms with Crippen molar-refractivity contribution in [2.75, 3.05) is 5.32 Å². The topological polar surface area (TPSA) is 63.2 Å². The lowest BCUT2D eigenvalue weighted by Gasteiger charge is -2.18. The van der Waals surface area contributed by atoms with Gasteiger partial charge in [-0.05, 0) is 17.7 Å². The second-order valence-electron chi connectivity index (χ2n) is 6.62. The van der Waals surface area contributed by atoms with Gasteiger partial charge in [-0.3, -0.25) is 4.79 Å². The number of anilines is 1. The van der Waals surface area contributed by atoms with E-state index in [1.54, 1.807) is 60.7 Å². The zero-order valence-corrected chi connectivity index (χ0v) is 15.0. The third-order valence-corrected chi connectivity index (χ3v) is 7.18. The Kier molecular flexibility index (Phi) is 3.36. The Labute approximate surface area is 157 Å². The smallest absolute Gasteiger partial charge is 0.193 e. The van der Waals surface area contributed by atoms with E-state index >= 15 is 0 Å². The molecule has 0 saturated carbocycles. The lowest BCUT2D eigenvalue weighted by Crippen LogP contribution is -2.19. The zero-order chi connectivity index (χ0) is 18.6. The average molecular weight is 373 g/mol. The summed E-state index contributed by atoms with van der Waals surface area (Å²) >= 11 is 0. The van der Waals surface area contributed by atoms with Gasteiger partial charge in [-0.15, -0.1) is 0 Å². The standard InChI is InChI=1S/C22H15NO3S/c24-21-16-11-5-4-10-15(16)20-19(21)22(14-8-2-1-3-9-14)27(25,26)18-13-7-6-12-17(18)23-20/h1-13,22-23H/t22-/m0/s1. The van der Waals surface area contributed by atoms with Gasteiger partial charge in [-0.25, -0.2) is 8.42 Å². The third kappa shape index (κ3) is 2.22. The number of ketones is 1. The quantitative estimate of drug-likeness (QED) is 0.693. The number of sulfone groups is 1. The second-order valence-corrected chi connectivity index (χ2v) is 8.62. The SMILES string of the molecule is O=C1C2=C(Nc3ccccc3S(=O)(=O)[C@H]2c2ccccc2)c2ccccc21. The minimum absolute atomic E-state index is 0.207. The second kappa shape index (κ2) is 5.66. The van der Waals surface area contributed by atoms with Crippen molar-refractivity contribution in [2.45, 2.75) is 10.1 Å². The average Bonchev–Trinajstić information content (AvgIpc) is 2.89. The maximum Gasteiger partial charge on any atom is 0.193 e. The Hall–Kier alpha value is -3.18. The molecule has 1 aliphatic heterocycles. The van der Waals surface area contributed by atoms with Gasteiger partial charge in [0.15, 0.2) is 15.6 Å². The van der Waals surface area contributed by atoms with Gasteiger partial charge < -0.3 is 5.32 Å². The summed E-state index contributed by atoms with van der Waals surface area (Å²) in [6.45, 7) is 0. The third-order valence-electron chi connectivity index (χ3n) is 5.08. The van der Waals surface area contributed by atoms with E-state index in [0.717, 1.165) is 5.56 Å². The predicted molar refractivity (Wildman–Crippen MR) is 104 cm³/mol. The Morgan fingerprint density at radius 2 is 1.37 bits per heavy atom. The minimum Gasteiger partial charge on any atom is -0.354 e. The summed E-state index contributed by atoms with van der Waals surface area (Å²) in [6.07, 6.45) is 0. The predicted octanol–water partition coefficient (Wildman–Crippen LogP) is 4.23. The fourth-order valence-electron chi connectivity index (χ4n) is 3.90. The zero-order valence-electron chi connectivity index (χ0n) is 14.2. The maximum absolute atomic E-state index is 13.6. The van der Waals surface area contributed by atoms with Crippen molar-refractivity contribution in [3.8, 4) is 0 Å². The highest BCUT2D eigenvalue weighted by Crippen LogP contribution is 2.48. The van der Waals surface area contributed by atoms with Gasteiger partial charge in [-0.2, -0.15) is 0 Å². The molecule has 0 spiro atoms. The Morgan fingerprint density at radius 3 is 2.15 bits per heavy atom. The van der Waals surface area contributed by atoms with Crippen LogP contribution in [0.3, 0.4) is 0 Å². The van der Waals surface area contributed by atoms with Crippen LogP contribution in [0.15, 0.2) is 89.3 Å². The van der Waals surface area contributed by atoms with Crippen molar-refractivity contribution in [2.24, 2.45) is 0 Å². The normalized spacial score (nSPS) is 19.6. The molecule has 0 radical (unpaired) electrons. The van der Waals surface area contributed by atoms with E-state index in [1.165, 1.54) is 0 Å². The van der Waals surface area contributed by atoms with Crippen LogP contribution in [-0.4, -0.2) is 14.2 Å². The molecule has 0 saturated heterocycles. The van der Waals surface area contributed by atoms with Crippen molar-refractivity contribution >= 4 is 27.0 Å². The summed E-state index contributed by atoms with van der Waals surface area (Å²) in [5.74, 6) is -0.238. The Balaban J connectivity index is 1.88. The highest BCUT2D eigenvalue weighted by molar-refractivity contribution is 7.92. The molecule has 0 unspecified atom stereocenters. The minimum atomic E-state index is -3.82. The van der Waals surface area contributed by atoms with Gasteiger partial charge in [0.05, 0.1) is 16.3 Å². The molecule has 132 valence electrons. The van der Waals surface area contributed by atoms with Crippen molar-refractivity contribution in [1.29, 1.82) is 0 Å². The molecular formula is C22H15NO3S. The number of carbonyl (C=O) groups excluding carboxylic acids is 1. The number of rotatable bonds is 1. The number of carbonyl (C=O) groups is 1. The van der Waals surface area contributed by atoms with E-state index in [2.05, 4.69) is 5.32 Å². The molecule has 1 aliphatic carbocycles. The van der Waals surface area contributed by atoms with Crippen LogP contribution in [0.2, 0.25) is 0 Å². The molecule has 5 heteroatoms. The number of benzene rings is 3. The first-order chi connectivity index (χ1) is 13.1. The molecule has 1 N–H and O–H groups in total. The van der Waals surface area contributed by atoms with Gasteiger partial charge in [0.25, 0.3) is 0 Å². The van der Waals surface area contributed by atoms with Gasteiger partial charge in [0, 0.05) is 16.7 Å². The lowest BCUT2D eigenvalue weighted by molar-refractivity contribution is 0.103. The molecule has 3 aromatic carbocycles. The first-order valence-electron chi connectivity index (χ1n) is 8.62. The Morgan fingerprint density at radius 1 is 0.741 bits per heavy atom. The van der Waals surface area contributed by atoms with Gasteiger partial charge in [0.2, 0.25) is 0 Å². The number of para-hydroxylation sites is 1. The van der Waals surface area contributed by atoms with E-state index in [4.69, 9.17) is 0 Å². The monoisotopic (exact) mass is 373 g/mol. The van der Waals surface area contributed by atoms with E-state index in [0.29, 0.717) is 28.1 Å². The fraction of sp³-hybridized carbons (Fsp3) is 0.0455. The molecule has 0 bridgehead atoms. The van der Waals surface area contributed by atoms with Gasteiger partial charge in [-0.1, -0.05) is 66.7 Å². The molecule has 0 aromatic heterocycles. The summed E-state index contributed by atoms with van der Waals surface area (Å²) < 4.78 is 27.3. The van der Waals surface area contributed by atoms with Crippen LogP contribution in [0.4, 0.5) is 5.69 Å². The number of nitrogens with one attached hydrogen (secondary N) is 1. The van der Waals surface area contributed by atoms with Crippen LogP contribution >= 0.6 is 0 Å². The largest absolute Gasteiger partial charge is 0.354 e.